The van der Waals surface area contributed by atoms with Crippen LogP contribution in [0.15, 0.2) is 27.5 Å². The van der Waals surface area contributed by atoms with Crippen LogP contribution in [0.5, 0.6) is 0 Å². The van der Waals surface area contributed by atoms with Crippen molar-refractivity contribution in [3.8, 4) is 5.69 Å². The van der Waals surface area contributed by atoms with E-state index in [0.29, 0.717) is 0 Å². The molecule has 0 atom stereocenters. The van der Waals surface area contributed by atoms with Crippen LogP contribution in [0.2, 0.25) is 0 Å². The van der Waals surface area contributed by atoms with Crippen molar-refractivity contribution in [2.24, 2.45) is 0 Å². The Balaban J connectivity index is 2.69. The molecule has 0 saturated heterocycles. The number of rotatable bonds is 1. The predicted molar refractivity (Wildman–Crippen MR) is 64.3 cm³/mol. The third-order valence-electron chi connectivity index (χ3n) is 2.20. The zero-order chi connectivity index (χ0) is 13.5. The molecule has 9 heteroatoms. The Kier molecular flexibility index (Phi) is 3.20. The maximum Gasteiger partial charge on any atom is 0.417 e. The molecule has 1 aromatic heterocycles. The Hall–Kier alpha value is -1.35. The van der Waals surface area contributed by atoms with Crippen LogP contribution in [-0.2, 0) is 6.18 Å². The van der Waals surface area contributed by atoms with E-state index in [9.17, 15) is 18.0 Å². The molecular weight excluding hydrogens is 335 g/mol. The maximum atomic E-state index is 12.7. The van der Waals surface area contributed by atoms with Crippen molar-refractivity contribution >= 4 is 28.1 Å². The highest BCUT2D eigenvalue weighted by molar-refractivity contribution is 9.10. The van der Waals surface area contributed by atoms with Crippen LogP contribution >= 0.6 is 28.1 Å². The van der Waals surface area contributed by atoms with Crippen molar-refractivity contribution < 1.29 is 13.2 Å². The van der Waals surface area contributed by atoms with Gasteiger partial charge in [-0.3, -0.25) is 5.10 Å². The summed E-state index contributed by atoms with van der Waals surface area (Å²) in [4.78, 5) is 11.4. The Bertz CT molecular complexity index is 673. The third kappa shape index (κ3) is 2.27. The number of aromatic nitrogens is 3. The first kappa shape index (κ1) is 13.1. The van der Waals surface area contributed by atoms with Gasteiger partial charge in [0.1, 0.15) is 0 Å². The summed E-state index contributed by atoms with van der Waals surface area (Å²) in [7, 11) is 0. The van der Waals surface area contributed by atoms with Crippen molar-refractivity contribution in [1.82, 2.24) is 14.8 Å². The fourth-order valence-corrected chi connectivity index (χ4v) is 2.13. The molecule has 2 rings (SSSR count). The second-order valence-electron chi connectivity index (χ2n) is 3.36. The average Bonchev–Trinajstić information content (AvgIpc) is 2.58. The van der Waals surface area contributed by atoms with Crippen molar-refractivity contribution in [3.63, 3.8) is 0 Å². The lowest BCUT2D eigenvalue weighted by Gasteiger charge is -2.10. The number of halogens is 4. The molecule has 2 N–H and O–H groups in total. The van der Waals surface area contributed by atoms with Crippen LogP contribution < -0.4 is 5.69 Å². The number of alkyl halides is 3. The molecule has 0 aliphatic heterocycles. The van der Waals surface area contributed by atoms with Crippen LogP contribution in [0.25, 0.3) is 5.69 Å². The van der Waals surface area contributed by atoms with Gasteiger partial charge in [0.05, 0.1) is 11.3 Å². The first-order chi connectivity index (χ1) is 8.30. The van der Waals surface area contributed by atoms with E-state index < -0.39 is 17.4 Å². The largest absolute Gasteiger partial charge is 0.417 e. The highest BCUT2D eigenvalue weighted by Crippen LogP contribution is 2.35. The lowest BCUT2D eigenvalue weighted by atomic mass is 10.2. The molecule has 0 aliphatic rings. The van der Waals surface area contributed by atoms with E-state index >= 15 is 0 Å². The van der Waals surface area contributed by atoms with Crippen LogP contribution in [0, 0.1) is 4.77 Å². The molecule has 1 heterocycles. The fraction of sp³-hybridized carbons (Fsp3) is 0.111. The van der Waals surface area contributed by atoms with E-state index in [1.54, 1.807) is 0 Å². The molecule has 0 fully saturated rings. The van der Waals surface area contributed by atoms with Gasteiger partial charge in [-0.15, -0.1) is 0 Å². The number of hydrogen-bond donors (Lipinski definition) is 2. The zero-order valence-electron chi connectivity index (χ0n) is 8.51. The van der Waals surface area contributed by atoms with Gasteiger partial charge < -0.3 is 0 Å². The van der Waals surface area contributed by atoms with Gasteiger partial charge >= 0.3 is 11.9 Å². The van der Waals surface area contributed by atoms with Crippen molar-refractivity contribution in [3.05, 3.63) is 43.5 Å². The Morgan fingerprint density at radius 2 is 1.94 bits per heavy atom. The molecule has 0 unspecified atom stereocenters. The molecule has 96 valence electrons. The van der Waals surface area contributed by atoms with Crippen molar-refractivity contribution in [2.45, 2.75) is 6.18 Å². The topological polar surface area (TPSA) is 53.6 Å². The normalized spacial score (nSPS) is 11.8. The third-order valence-corrected chi connectivity index (χ3v) is 3.17. The highest BCUT2D eigenvalue weighted by Gasteiger charge is 2.33. The second-order valence-corrected chi connectivity index (χ2v) is 4.60. The molecule has 4 nitrogen and oxygen atoms in total. The molecule has 0 aliphatic carbocycles. The monoisotopic (exact) mass is 339 g/mol. The van der Waals surface area contributed by atoms with E-state index in [2.05, 4.69) is 26.1 Å². The average molecular weight is 340 g/mol. The number of benzene rings is 1. The second kappa shape index (κ2) is 4.39. The van der Waals surface area contributed by atoms with E-state index in [1.165, 1.54) is 12.1 Å². The van der Waals surface area contributed by atoms with Gasteiger partial charge in [-0.1, -0.05) is 15.9 Å². The minimum Gasteiger partial charge on any atom is -0.272 e. The van der Waals surface area contributed by atoms with Gasteiger partial charge in [-0.25, -0.2) is 14.5 Å². The van der Waals surface area contributed by atoms with E-state index in [4.69, 9.17) is 12.2 Å². The summed E-state index contributed by atoms with van der Waals surface area (Å²) in [6, 6.07) is 3.42. The first-order valence-electron chi connectivity index (χ1n) is 4.57. The maximum absolute atomic E-state index is 12.7. The van der Waals surface area contributed by atoms with Gasteiger partial charge in [0.2, 0.25) is 4.77 Å². The summed E-state index contributed by atoms with van der Waals surface area (Å²) in [6.45, 7) is 0. The number of nitrogens with zero attached hydrogens (tertiary/aromatic N) is 1. The molecular formula is C9H5BrF3N3OS. The highest BCUT2D eigenvalue weighted by atomic mass is 79.9. The Morgan fingerprint density at radius 1 is 1.28 bits per heavy atom. The lowest BCUT2D eigenvalue weighted by Crippen LogP contribution is -2.16. The number of H-pyrrole nitrogens is 2. The molecule has 0 amide bonds. The quantitative estimate of drug-likeness (QED) is 0.784. The summed E-state index contributed by atoms with van der Waals surface area (Å²) in [6.07, 6.45) is -4.51. The minimum atomic E-state index is -4.51. The summed E-state index contributed by atoms with van der Waals surface area (Å²) < 4.78 is 39.0. The van der Waals surface area contributed by atoms with Gasteiger partial charge in [0, 0.05) is 4.47 Å². The lowest BCUT2D eigenvalue weighted by molar-refractivity contribution is -0.138. The Morgan fingerprint density at radius 3 is 2.44 bits per heavy atom. The molecule has 2 aromatic rings. The smallest absolute Gasteiger partial charge is 0.272 e. The Labute approximate surface area is 112 Å². The summed E-state index contributed by atoms with van der Waals surface area (Å²) in [5, 5.41) is 4.55. The molecule has 1 aromatic carbocycles. The summed E-state index contributed by atoms with van der Waals surface area (Å²) in [5.74, 6) is 0. The van der Waals surface area contributed by atoms with Crippen LogP contribution in [0.1, 0.15) is 5.56 Å². The van der Waals surface area contributed by atoms with Crippen molar-refractivity contribution in [2.75, 3.05) is 0 Å². The molecule has 0 bridgehead atoms. The van der Waals surface area contributed by atoms with E-state index in [0.717, 1.165) is 10.6 Å². The van der Waals surface area contributed by atoms with Crippen LogP contribution in [0.3, 0.4) is 0 Å². The van der Waals surface area contributed by atoms with Gasteiger partial charge in [0.25, 0.3) is 0 Å². The SMILES string of the molecule is O=c1[nH][nH]c(=S)n1-c1ccc(Br)c(C(F)(F)F)c1. The van der Waals surface area contributed by atoms with Gasteiger partial charge in [-0.05, 0) is 30.4 Å². The molecule has 18 heavy (non-hydrogen) atoms. The van der Waals surface area contributed by atoms with Crippen molar-refractivity contribution in [1.29, 1.82) is 0 Å². The van der Waals surface area contributed by atoms with E-state index in [-0.39, 0.29) is 14.9 Å². The number of aromatic amines is 2. The molecule has 0 radical (unpaired) electrons. The molecule has 0 saturated carbocycles. The summed E-state index contributed by atoms with van der Waals surface area (Å²) >= 11 is 7.63. The van der Waals surface area contributed by atoms with Crippen LogP contribution in [0.4, 0.5) is 13.2 Å². The summed E-state index contributed by atoms with van der Waals surface area (Å²) in [5.41, 5.74) is -1.46. The van der Waals surface area contributed by atoms with Crippen LogP contribution in [-0.4, -0.2) is 14.8 Å². The fourth-order valence-electron chi connectivity index (χ4n) is 1.42. The minimum absolute atomic E-state index is 0.00422. The standard InChI is InChI=1S/C9H5BrF3N3OS/c10-6-2-1-4(3-5(6)9(11,12)13)16-7(17)14-15-8(16)18/h1-3H,(H,14,17)(H,15,18). The van der Waals surface area contributed by atoms with E-state index in [1.807, 2.05) is 0 Å². The van der Waals surface area contributed by atoms with Gasteiger partial charge in [0.15, 0.2) is 0 Å². The zero-order valence-corrected chi connectivity index (χ0v) is 10.9. The number of hydrogen-bond acceptors (Lipinski definition) is 2. The van der Waals surface area contributed by atoms with Gasteiger partial charge in [-0.2, -0.15) is 13.2 Å². The molecule has 0 spiro atoms. The predicted octanol–water partition coefficient (Wildman–Crippen LogP) is 3.00. The first-order valence-corrected chi connectivity index (χ1v) is 5.77. The number of nitrogens with one attached hydrogen (secondary N) is 2.